The fraction of sp³-hybridized carbons (Fsp3) is 0.742. The summed E-state index contributed by atoms with van der Waals surface area (Å²) in [5.74, 6) is -0.940. The van der Waals surface area contributed by atoms with Gasteiger partial charge in [0, 0.05) is 30.8 Å². The highest BCUT2D eigenvalue weighted by molar-refractivity contribution is 8.12. The number of epoxide rings is 1. The second kappa shape index (κ2) is 15.7. The number of nitrogens with zero attached hydrogens (tertiary/aromatic N) is 3. The van der Waals surface area contributed by atoms with E-state index < -0.39 is 41.4 Å². The highest BCUT2D eigenvalue weighted by Gasteiger charge is 2.50. The maximum atomic E-state index is 13.8. The number of carbonyl (C=O) groups excluding carboxylic acids is 4. The first-order valence-corrected chi connectivity index (χ1v) is 16.8. The molecule has 0 aromatic carbocycles. The van der Waals surface area contributed by atoms with Crippen LogP contribution in [0.1, 0.15) is 77.1 Å². The molecule has 250 valence electrons. The van der Waals surface area contributed by atoms with Crippen molar-refractivity contribution in [2.45, 2.75) is 102 Å². The van der Waals surface area contributed by atoms with E-state index in [0.717, 1.165) is 13.1 Å². The molecule has 1 aromatic heterocycles. The van der Waals surface area contributed by atoms with Crippen molar-refractivity contribution in [2.75, 3.05) is 32.9 Å². The Morgan fingerprint density at radius 1 is 1.00 bits per heavy atom. The number of hydrogen-bond acceptors (Lipinski definition) is 11. The van der Waals surface area contributed by atoms with Gasteiger partial charge in [-0.25, -0.2) is 0 Å². The smallest absolute Gasteiger partial charge is 0.274 e. The first kappa shape index (κ1) is 35.1. The average Bonchev–Trinajstić information content (AvgIpc) is 3.35. The van der Waals surface area contributed by atoms with Gasteiger partial charge in [-0.3, -0.25) is 29.1 Å². The molecule has 45 heavy (non-hydrogen) atoms. The molecule has 2 saturated heterocycles. The van der Waals surface area contributed by atoms with Crippen LogP contribution in [0.3, 0.4) is 0 Å². The lowest BCUT2D eigenvalue weighted by molar-refractivity contribution is -0.133. The van der Waals surface area contributed by atoms with Crippen molar-refractivity contribution >= 4 is 40.8 Å². The molecule has 3 N–H and O–H groups in total. The Kier molecular flexibility index (Phi) is 12.2. The number of rotatable bonds is 16. The van der Waals surface area contributed by atoms with Gasteiger partial charge in [0.05, 0.1) is 44.0 Å². The first-order chi connectivity index (χ1) is 21.3. The van der Waals surface area contributed by atoms with Crippen LogP contribution in [0, 0.1) is 11.8 Å². The largest absolute Gasteiger partial charge is 0.379 e. The molecule has 2 fully saturated rings. The number of ether oxygens (including phenoxy) is 2. The van der Waals surface area contributed by atoms with Crippen LogP contribution >= 0.6 is 11.8 Å². The van der Waals surface area contributed by atoms with Crippen molar-refractivity contribution in [3.05, 3.63) is 17.5 Å². The van der Waals surface area contributed by atoms with Gasteiger partial charge in [-0.15, -0.1) is 11.8 Å². The summed E-state index contributed by atoms with van der Waals surface area (Å²) >= 11 is 1.56. The summed E-state index contributed by atoms with van der Waals surface area (Å²) in [6.07, 6.45) is 1.02. The third kappa shape index (κ3) is 10.1. The van der Waals surface area contributed by atoms with Crippen molar-refractivity contribution in [1.29, 1.82) is 0 Å². The molecule has 0 radical (unpaired) electrons. The Morgan fingerprint density at radius 3 is 2.22 bits per heavy atom. The predicted octanol–water partition coefficient (Wildman–Crippen LogP) is 1.95. The molecule has 6 atom stereocenters. The number of Topliss-reactive ketones (excluding diaryl/α,β-unsaturated/α-hetero) is 1. The molecule has 0 saturated carbocycles. The van der Waals surface area contributed by atoms with Crippen LogP contribution in [0.5, 0.6) is 0 Å². The minimum atomic E-state index is -0.977. The van der Waals surface area contributed by atoms with Crippen LogP contribution in [0.4, 0.5) is 0 Å². The van der Waals surface area contributed by atoms with Crippen molar-refractivity contribution in [3.8, 4) is 0 Å². The second-order valence-electron chi connectivity index (χ2n) is 13.3. The van der Waals surface area contributed by atoms with Crippen LogP contribution in [-0.2, 0) is 30.4 Å². The molecule has 3 amide bonds. The van der Waals surface area contributed by atoms with E-state index in [4.69, 9.17) is 14.0 Å². The summed E-state index contributed by atoms with van der Waals surface area (Å²) in [5, 5.41) is 12.6. The van der Waals surface area contributed by atoms with Gasteiger partial charge >= 0.3 is 0 Å². The van der Waals surface area contributed by atoms with E-state index in [1.54, 1.807) is 30.3 Å². The molecule has 0 aliphatic carbocycles. The van der Waals surface area contributed by atoms with Crippen LogP contribution in [0.2, 0.25) is 0 Å². The van der Waals surface area contributed by atoms with E-state index in [9.17, 15) is 19.2 Å². The molecule has 3 aliphatic heterocycles. The minimum Gasteiger partial charge on any atom is -0.379 e. The van der Waals surface area contributed by atoms with E-state index >= 15 is 0 Å². The van der Waals surface area contributed by atoms with Gasteiger partial charge in [0.25, 0.3) is 5.91 Å². The maximum Gasteiger partial charge on any atom is 0.274 e. The zero-order valence-corrected chi connectivity index (χ0v) is 28.0. The number of morpholine rings is 1. The van der Waals surface area contributed by atoms with Crippen LogP contribution in [0.15, 0.2) is 15.6 Å². The van der Waals surface area contributed by atoms with Crippen LogP contribution in [0.25, 0.3) is 0 Å². The van der Waals surface area contributed by atoms with E-state index in [2.05, 4.69) is 31.0 Å². The summed E-state index contributed by atoms with van der Waals surface area (Å²) in [6, 6.07) is -1.28. The Labute approximate surface area is 269 Å². The monoisotopic (exact) mass is 648 g/mol. The number of amides is 3. The van der Waals surface area contributed by atoms with E-state index in [1.807, 2.05) is 34.6 Å². The molecule has 0 spiro atoms. The number of thioether (sulfide) groups is 1. The summed E-state index contributed by atoms with van der Waals surface area (Å²) in [6.45, 7) is 15.2. The van der Waals surface area contributed by atoms with Gasteiger partial charge in [0.2, 0.25) is 11.8 Å². The Hall–Kier alpha value is -2.81. The van der Waals surface area contributed by atoms with Gasteiger partial charge in [0.15, 0.2) is 17.2 Å². The molecule has 4 rings (SSSR count). The molecule has 0 bridgehead atoms. The number of nitrogens with one attached hydrogen (secondary N) is 3. The summed E-state index contributed by atoms with van der Waals surface area (Å²) in [7, 11) is 0. The second-order valence-corrected chi connectivity index (χ2v) is 14.5. The van der Waals surface area contributed by atoms with Crippen molar-refractivity contribution in [3.63, 3.8) is 0 Å². The Bertz CT molecular complexity index is 1230. The van der Waals surface area contributed by atoms with Crippen LogP contribution < -0.4 is 16.0 Å². The third-order valence-corrected chi connectivity index (χ3v) is 9.21. The lowest BCUT2D eigenvalue weighted by Gasteiger charge is -2.28. The van der Waals surface area contributed by atoms with Crippen molar-refractivity contribution in [1.82, 2.24) is 26.0 Å². The standard InChI is InChI=1S/C31H48N6O7S/c1-18(2)11-23(27(38)31(6)16-43-31)33-29(40)25(14-22-20(5)45-17-32-22)35-28(39)24(12-19(3)4)34-30(41)26-13-21(44-36-26)15-37-7-9-42-10-8-37/h13,17-20,22-25H,7-12,14-16H2,1-6H3,(H,33,40)(H,34,41)(H,35,39)/t20?,22?,23?,24?,25-,31?/m0/s1. The molecule has 14 heteroatoms. The van der Waals surface area contributed by atoms with Crippen molar-refractivity contribution < 1.29 is 33.2 Å². The molecule has 13 nitrogen and oxygen atoms in total. The van der Waals surface area contributed by atoms with Gasteiger partial charge in [0.1, 0.15) is 17.7 Å². The van der Waals surface area contributed by atoms with E-state index in [-0.39, 0.29) is 41.0 Å². The minimum absolute atomic E-state index is 0.0608. The summed E-state index contributed by atoms with van der Waals surface area (Å²) < 4.78 is 16.2. The molecule has 5 unspecified atom stereocenters. The van der Waals surface area contributed by atoms with E-state index in [1.165, 1.54) is 0 Å². The number of aromatic nitrogens is 1. The summed E-state index contributed by atoms with van der Waals surface area (Å²) in [4.78, 5) is 60.6. The maximum absolute atomic E-state index is 13.8. The van der Waals surface area contributed by atoms with Crippen molar-refractivity contribution in [2.24, 2.45) is 16.8 Å². The SMILES string of the molecule is CC(C)CC(NC(=O)c1cc(CN2CCOCC2)on1)C(=O)N[C@@H](CC1N=CSC1C)C(=O)NC(CC(C)C)C(=O)C1(C)CO1. The molecular formula is C31H48N6O7S. The fourth-order valence-electron chi connectivity index (χ4n) is 5.42. The van der Waals surface area contributed by atoms with Gasteiger partial charge in [-0.05, 0) is 31.6 Å². The van der Waals surface area contributed by atoms with Gasteiger partial charge in [-0.1, -0.05) is 39.8 Å². The highest BCUT2D eigenvalue weighted by Crippen LogP contribution is 2.30. The lowest BCUT2D eigenvalue weighted by Crippen LogP contribution is -2.57. The Balaban J connectivity index is 1.46. The van der Waals surface area contributed by atoms with Gasteiger partial charge < -0.3 is 29.9 Å². The van der Waals surface area contributed by atoms with Gasteiger partial charge in [-0.2, -0.15) is 0 Å². The Morgan fingerprint density at radius 2 is 1.62 bits per heavy atom. The zero-order valence-electron chi connectivity index (χ0n) is 27.2. The predicted molar refractivity (Wildman–Crippen MR) is 170 cm³/mol. The first-order valence-electron chi connectivity index (χ1n) is 15.9. The lowest BCUT2D eigenvalue weighted by atomic mass is 9.93. The zero-order chi connectivity index (χ0) is 32.7. The third-order valence-electron chi connectivity index (χ3n) is 8.22. The highest BCUT2D eigenvalue weighted by atomic mass is 32.2. The van der Waals surface area contributed by atoms with E-state index in [0.29, 0.717) is 45.0 Å². The number of carbonyl (C=O) groups is 4. The summed E-state index contributed by atoms with van der Waals surface area (Å²) in [5.41, 5.74) is 0.934. The molecule has 3 aliphatic rings. The molecule has 4 heterocycles. The number of hydrogen-bond donors (Lipinski definition) is 3. The quantitative estimate of drug-likeness (QED) is 0.225. The number of aliphatic imine (C=N–C) groups is 1. The normalized spacial score (nSPS) is 25.2. The number of ketones is 1. The van der Waals surface area contributed by atoms with Crippen LogP contribution in [-0.4, -0.2) is 107 Å². The average molecular weight is 649 g/mol. The topological polar surface area (TPSA) is 168 Å². The molecular weight excluding hydrogens is 600 g/mol. The fourth-order valence-corrected chi connectivity index (χ4v) is 6.20. The molecule has 1 aromatic rings.